The minimum absolute atomic E-state index is 0.109. The summed E-state index contributed by atoms with van der Waals surface area (Å²) in [6, 6.07) is 6.92. The third kappa shape index (κ3) is 3.77. The van der Waals surface area contributed by atoms with Crippen molar-refractivity contribution in [3.63, 3.8) is 0 Å². The third-order valence-corrected chi connectivity index (χ3v) is 4.91. The summed E-state index contributed by atoms with van der Waals surface area (Å²) in [5.41, 5.74) is 0.753. The molecule has 0 saturated heterocycles. The van der Waals surface area contributed by atoms with Crippen molar-refractivity contribution in [2.75, 3.05) is 27.1 Å². The van der Waals surface area contributed by atoms with Gasteiger partial charge < -0.3 is 23.2 Å². The van der Waals surface area contributed by atoms with E-state index in [4.69, 9.17) is 18.6 Å². The lowest BCUT2D eigenvalue weighted by Gasteiger charge is -2.13. The first kappa shape index (κ1) is 18.8. The highest BCUT2D eigenvalue weighted by molar-refractivity contribution is 7.99. The summed E-state index contributed by atoms with van der Waals surface area (Å²) in [7, 11) is 6.49. The molecular weight excluding hydrogens is 370 g/mol. The normalized spacial score (nSPS) is 10.7. The van der Waals surface area contributed by atoms with Crippen LogP contribution in [-0.4, -0.2) is 47.6 Å². The number of carbonyl (C=O) groups excluding carboxylic acids is 1. The summed E-state index contributed by atoms with van der Waals surface area (Å²) in [6.45, 7) is 0. The number of carbonyl (C=O) groups is 1. The van der Waals surface area contributed by atoms with Gasteiger partial charge in [0.1, 0.15) is 0 Å². The van der Waals surface area contributed by atoms with E-state index in [1.807, 2.05) is 7.05 Å². The molecule has 2 heterocycles. The Hall–Kier alpha value is -2.94. The second-order valence-electron chi connectivity index (χ2n) is 5.47. The maximum absolute atomic E-state index is 12.1. The second kappa shape index (κ2) is 8.17. The van der Waals surface area contributed by atoms with Crippen LogP contribution in [0.3, 0.4) is 0 Å². The summed E-state index contributed by atoms with van der Waals surface area (Å²) in [5, 5.41) is 9.03. The molecule has 27 heavy (non-hydrogen) atoms. The van der Waals surface area contributed by atoms with Crippen molar-refractivity contribution in [2.45, 2.75) is 5.16 Å². The maximum Gasteiger partial charge on any atom is 0.208 e. The van der Waals surface area contributed by atoms with Crippen LogP contribution < -0.4 is 14.2 Å². The molecule has 142 valence electrons. The second-order valence-corrected chi connectivity index (χ2v) is 6.41. The molecule has 0 N–H and O–H groups in total. The van der Waals surface area contributed by atoms with Crippen molar-refractivity contribution in [3.8, 4) is 28.6 Å². The van der Waals surface area contributed by atoms with Crippen LogP contribution in [0.5, 0.6) is 17.2 Å². The number of nitrogens with zero attached hydrogens (tertiary/aromatic N) is 3. The zero-order valence-corrected chi connectivity index (χ0v) is 16.2. The zero-order chi connectivity index (χ0) is 19.4. The Morgan fingerprint density at radius 2 is 1.85 bits per heavy atom. The predicted octanol–water partition coefficient (Wildman–Crippen LogP) is 3.08. The van der Waals surface area contributed by atoms with Gasteiger partial charge in [0.25, 0.3) is 0 Å². The molecule has 0 amide bonds. The first-order valence-electron chi connectivity index (χ1n) is 7.98. The minimum Gasteiger partial charge on any atom is -0.493 e. The zero-order valence-electron chi connectivity index (χ0n) is 15.4. The van der Waals surface area contributed by atoms with Crippen LogP contribution in [0.4, 0.5) is 0 Å². The van der Waals surface area contributed by atoms with E-state index in [0.717, 1.165) is 5.56 Å². The van der Waals surface area contributed by atoms with Crippen molar-refractivity contribution in [2.24, 2.45) is 7.05 Å². The number of hydrogen-bond acceptors (Lipinski definition) is 8. The molecule has 8 nitrogen and oxygen atoms in total. The Morgan fingerprint density at radius 1 is 1.15 bits per heavy atom. The minimum atomic E-state index is -0.109. The fraction of sp³-hybridized carbons (Fsp3) is 0.278. The van der Waals surface area contributed by atoms with Crippen LogP contribution in [0.2, 0.25) is 0 Å². The van der Waals surface area contributed by atoms with Gasteiger partial charge in [-0.2, -0.15) is 0 Å². The molecule has 0 atom stereocenters. The van der Waals surface area contributed by atoms with Crippen LogP contribution in [-0.2, 0) is 7.05 Å². The lowest BCUT2D eigenvalue weighted by atomic mass is 10.1. The molecule has 0 unspecified atom stereocenters. The molecule has 9 heteroatoms. The number of thioether (sulfide) groups is 1. The molecule has 1 aromatic carbocycles. The van der Waals surface area contributed by atoms with Gasteiger partial charge in [-0.1, -0.05) is 11.8 Å². The van der Waals surface area contributed by atoms with Crippen LogP contribution in [0.25, 0.3) is 11.4 Å². The monoisotopic (exact) mass is 389 g/mol. The van der Waals surface area contributed by atoms with E-state index >= 15 is 0 Å². The molecule has 2 aromatic heterocycles. The Labute approximate surface area is 160 Å². The van der Waals surface area contributed by atoms with Gasteiger partial charge in [-0.15, -0.1) is 10.2 Å². The third-order valence-electron chi connectivity index (χ3n) is 3.89. The number of ketones is 1. The lowest BCUT2D eigenvalue weighted by molar-refractivity contribution is 0.0992. The summed E-state index contributed by atoms with van der Waals surface area (Å²) >= 11 is 1.29. The fourth-order valence-corrected chi connectivity index (χ4v) is 3.32. The Bertz CT molecular complexity index is 912. The van der Waals surface area contributed by atoms with Gasteiger partial charge in [0.05, 0.1) is 33.3 Å². The van der Waals surface area contributed by atoms with Gasteiger partial charge >= 0.3 is 0 Å². The summed E-state index contributed by atoms with van der Waals surface area (Å²) < 4.78 is 23.0. The first-order chi connectivity index (χ1) is 13.1. The number of Topliss-reactive ketones (excluding diaryl/α,β-unsaturated/α-hetero) is 1. The van der Waals surface area contributed by atoms with Gasteiger partial charge in [-0.05, 0) is 24.3 Å². The van der Waals surface area contributed by atoms with Gasteiger partial charge in [0.15, 0.2) is 28.2 Å². The molecule has 3 rings (SSSR count). The van der Waals surface area contributed by atoms with Crippen molar-refractivity contribution in [3.05, 3.63) is 36.3 Å². The Kier molecular flexibility index (Phi) is 5.70. The Balaban J connectivity index is 1.85. The molecule has 0 saturated carbocycles. The predicted molar refractivity (Wildman–Crippen MR) is 99.9 cm³/mol. The average molecular weight is 389 g/mol. The number of methoxy groups -OCH3 is 3. The van der Waals surface area contributed by atoms with E-state index in [9.17, 15) is 4.79 Å². The fourth-order valence-electron chi connectivity index (χ4n) is 2.54. The number of furan rings is 1. The van der Waals surface area contributed by atoms with Gasteiger partial charge in [0.2, 0.25) is 11.5 Å². The van der Waals surface area contributed by atoms with Crippen LogP contribution in [0, 0.1) is 0 Å². The maximum atomic E-state index is 12.1. The number of rotatable bonds is 8. The largest absolute Gasteiger partial charge is 0.493 e. The van der Waals surface area contributed by atoms with Crippen molar-refractivity contribution < 1.29 is 23.4 Å². The van der Waals surface area contributed by atoms with E-state index < -0.39 is 0 Å². The molecular formula is C18H19N3O5S. The van der Waals surface area contributed by atoms with E-state index in [1.165, 1.54) is 18.0 Å². The van der Waals surface area contributed by atoms with Crippen LogP contribution in [0.15, 0.2) is 40.1 Å². The van der Waals surface area contributed by atoms with E-state index in [0.29, 0.717) is 34.0 Å². The van der Waals surface area contributed by atoms with E-state index in [2.05, 4.69) is 10.2 Å². The molecule has 0 aliphatic carbocycles. The summed E-state index contributed by atoms with van der Waals surface area (Å²) in [5.74, 6) is 2.59. The lowest BCUT2D eigenvalue weighted by Crippen LogP contribution is -2.03. The van der Waals surface area contributed by atoms with Crippen molar-refractivity contribution in [1.29, 1.82) is 0 Å². The smallest absolute Gasteiger partial charge is 0.208 e. The molecule has 0 bridgehead atoms. The van der Waals surface area contributed by atoms with Crippen molar-refractivity contribution >= 4 is 17.5 Å². The topological polar surface area (TPSA) is 88.6 Å². The molecule has 0 radical (unpaired) electrons. The van der Waals surface area contributed by atoms with Gasteiger partial charge in [-0.25, -0.2) is 0 Å². The molecule has 0 spiro atoms. The quantitative estimate of drug-likeness (QED) is 0.429. The molecule has 0 aliphatic rings. The molecule has 0 aliphatic heterocycles. The van der Waals surface area contributed by atoms with Gasteiger partial charge in [0, 0.05) is 12.6 Å². The summed E-state index contributed by atoms with van der Waals surface area (Å²) in [4.78, 5) is 12.1. The average Bonchev–Trinajstić information content (AvgIpc) is 3.35. The van der Waals surface area contributed by atoms with Crippen LogP contribution >= 0.6 is 11.8 Å². The number of aromatic nitrogens is 3. The standard InChI is InChI=1S/C18H19N3O5S/c1-21-17(11-8-14(23-2)16(25-4)15(9-11)24-3)19-20-18(21)27-10-12(22)13-6-5-7-26-13/h5-9H,10H2,1-4H3. The SMILES string of the molecule is COc1cc(-c2nnc(SCC(=O)c3ccco3)n2C)cc(OC)c1OC. The number of ether oxygens (including phenoxy) is 3. The van der Waals surface area contributed by atoms with Gasteiger partial charge in [-0.3, -0.25) is 4.79 Å². The van der Waals surface area contributed by atoms with Crippen molar-refractivity contribution in [1.82, 2.24) is 14.8 Å². The number of hydrogen-bond donors (Lipinski definition) is 0. The first-order valence-corrected chi connectivity index (χ1v) is 8.96. The molecule has 3 aromatic rings. The highest BCUT2D eigenvalue weighted by Gasteiger charge is 2.19. The van der Waals surface area contributed by atoms with Crippen LogP contribution in [0.1, 0.15) is 10.6 Å². The van der Waals surface area contributed by atoms with E-state index in [1.54, 1.807) is 50.2 Å². The summed E-state index contributed by atoms with van der Waals surface area (Å²) in [6.07, 6.45) is 1.47. The Morgan fingerprint density at radius 3 is 2.41 bits per heavy atom. The molecule has 0 fully saturated rings. The highest BCUT2D eigenvalue weighted by atomic mass is 32.2. The van der Waals surface area contributed by atoms with E-state index in [-0.39, 0.29) is 11.5 Å². The highest BCUT2D eigenvalue weighted by Crippen LogP contribution is 2.41. The number of benzene rings is 1.